The molecule has 18 heavy (non-hydrogen) atoms. The Labute approximate surface area is 104 Å². The number of hydrogen-bond acceptors (Lipinski definition) is 4. The molecule has 2 heterocycles. The topological polar surface area (TPSA) is 65.0 Å². The molecule has 1 fully saturated rings. The first-order chi connectivity index (χ1) is 8.70. The molecule has 0 radical (unpaired) electrons. The third-order valence-electron chi connectivity index (χ3n) is 3.53. The van der Waals surface area contributed by atoms with E-state index in [2.05, 4.69) is 0 Å². The van der Waals surface area contributed by atoms with Gasteiger partial charge < -0.3 is 19.3 Å². The van der Waals surface area contributed by atoms with Gasteiger partial charge in [-0.1, -0.05) is 6.07 Å². The summed E-state index contributed by atoms with van der Waals surface area (Å²) >= 11 is 0. The minimum Gasteiger partial charge on any atom is -0.481 e. The van der Waals surface area contributed by atoms with Crippen LogP contribution in [-0.4, -0.2) is 24.5 Å². The standard InChI is InChI=1S/C13H14O5/c14-12(15)3-4-13(5-6-18-13)9-1-2-10-11(7-9)17-8-16-10/h1-2,7H,3-6,8H2,(H,14,15). The molecule has 1 aromatic rings. The molecule has 1 N–H and O–H groups in total. The van der Waals surface area contributed by atoms with Gasteiger partial charge >= 0.3 is 5.97 Å². The minimum absolute atomic E-state index is 0.106. The number of hydrogen-bond donors (Lipinski definition) is 1. The third-order valence-corrected chi connectivity index (χ3v) is 3.53. The SMILES string of the molecule is O=C(O)CCC1(c2ccc3c(c2)OCO3)CCO1. The second kappa shape index (κ2) is 4.17. The molecule has 3 rings (SSSR count). The molecule has 1 unspecified atom stereocenters. The van der Waals surface area contributed by atoms with E-state index in [9.17, 15) is 4.79 Å². The van der Waals surface area contributed by atoms with Crippen LogP contribution in [0.4, 0.5) is 0 Å². The Morgan fingerprint density at radius 2 is 2.11 bits per heavy atom. The van der Waals surface area contributed by atoms with E-state index in [1.807, 2.05) is 18.2 Å². The van der Waals surface area contributed by atoms with Crippen LogP contribution in [0.5, 0.6) is 11.5 Å². The first-order valence-corrected chi connectivity index (χ1v) is 5.95. The summed E-state index contributed by atoms with van der Waals surface area (Å²) in [6, 6.07) is 5.67. The van der Waals surface area contributed by atoms with Crippen LogP contribution in [0.25, 0.3) is 0 Å². The fourth-order valence-electron chi connectivity index (χ4n) is 2.41. The van der Waals surface area contributed by atoms with Crippen LogP contribution in [0.15, 0.2) is 18.2 Å². The zero-order valence-electron chi connectivity index (χ0n) is 9.85. The highest BCUT2D eigenvalue weighted by molar-refractivity contribution is 5.66. The van der Waals surface area contributed by atoms with Gasteiger partial charge in [-0.3, -0.25) is 4.79 Å². The molecule has 1 saturated heterocycles. The summed E-state index contributed by atoms with van der Waals surface area (Å²) in [6.45, 7) is 0.913. The van der Waals surface area contributed by atoms with E-state index in [1.165, 1.54) is 0 Å². The lowest BCUT2D eigenvalue weighted by molar-refractivity contribution is -0.165. The normalized spacial score (nSPS) is 24.7. The molecule has 2 aliphatic rings. The largest absolute Gasteiger partial charge is 0.481 e. The highest BCUT2D eigenvalue weighted by Gasteiger charge is 2.41. The van der Waals surface area contributed by atoms with E-state index >= 15 is 0 Å². The lowest BCUT2D eigenvalue weighted by atomic mass is 9.82. The van der Waals surface area contributed by atoms with E-state index < -0.39 is 11.6 Å². The Hall–Kier alpha value is -1.75. The van der Waals surface area contributed by atoms with Crippen LogP contribution >= 0.6 is 0 Å². The summed E-state index contributed by atoms with van der Waals surface area (Å²) in [5.74, 6) is 0.634. The first kappa shape index (κ1) is 11.3. The average Bonchev–Trinajstić information content (AvgIpc) is 2.74. The number of ether oxygens (including phenoxy) is 3. The van der Waals surface area contributed by atoms with Gasteiger partial charge in [0.05, 0.1) is 12.2 Å². The Morgan fingerprint density at radius 3 is 2.78 bits per heavy atom. The van der Waals surface area contributed by atoms with Crippen molar-refractivity contribution in [2.75, 3.05) is 13.4 Å². The van der Waals surface area contributed by atoms with Crippen molar-refractivity contribution in [1.82, 2.24) is 0 Å². The van der Waals surface area contributed by atoms with Crippen LogP contribution in [0, 0.1) is 0 Å². The van der Waals surface area contributed by atoms with Crippen LogP contribution in [0.3, 0.4) is 0 Å². The highest BCUT2D eigenvalue weighted by atomic mass is 16.7. The number of benzene rings is 1. The van der Waals surface area contributed by atoms with Crippen LogP contribution < -0.4 is 9.47 Å². The van der Waals surface area contributed by atoms with Crippen LogP contribution in [0.2, 0.25) is 0 Å². The number of rotatable bonds is 4. The van der Waals surface area contributed by atoms with Crippen LogP contribution in [0.1, 0.15) is 24.8 Å². The number of fused-ring (bicyclic) bond motifs is 1. The number of carboxylic acids is 1. The molecule has 1 atom stereocenters. The van der Waals surface area contributed by atoms with Gasteiger partial charge in [0.25, 0.3) is 0 Å². The molecule has 0 spiro atoms. The van der Waals surface area contributed by atoms with Gasteiger partial charge in [0, 0.05) is 12.8 Å². The molecule has 0 bridgehead atoms. The van der Waals surface area contributed by atoms with Gasteiger partial charge in [0.2, 0.25) is 6.79 Å². The maximum Gasteiger partial charge on any atom is 0.303 e. The Kier molecular flexibility index (Phi) is 2.63. The quantitative estimate of drug-likeness (QED) is 0.884. The summed E-state index contributed by atoms with van der Waals surface area (Å²) in [5.41, 5.74) is 0.513. The van der Waals surface area contributed by atoms with Gasteiger partial charge in [-0.05, 0) is 24.1 Å². The molecule has 2 aliphatic heterocycles. The Bertz CT molecular complexity index is 478. The molecule has 96 valence electrons. The van der Waals surface area contributed by atoms with Crippen molar-refractivity contribution in [3.8, 4) is 11.5 Å². The van der Waals surface area contributed by atoms with E-state index in [4.69, 9.17) is 19.3 Å². The van der Waals surface area contributed by atoms with Gasteiger partial charge in [0.15, 0.2) is 11.5 Å². The van der Waals surface area contributed by atoms with Gasteiger partial charge in [0.1, 0.15) is 0 Å². The fraction of sp³-hybridized carbons (Fsp3) is 0.462. The third kappa shape index (κ3) is 1.80. The molecule has 5 heteroatoms. The molecule has 5 nitrogen and oxygen atoms in total. The molecule has 1 aromatic carbocycles. The minimum atomic E-state index is -0.800. The van der Waals surface area contributed by atoms with E-state index in [1.54, 1.807) is 0 Å². The second-order valence-electron chi connectivity index (χ2n) is 4.55. The van der Waals surface area contributed by atoms with Gasteiger partial charge in [-0.2, -0.15) is 0 Å². The monoisotopic (exact) mass is 250 g/mol. The van der Waals surface area contributed by atoms with Crippen molar-refractivity contribution in [2.24, 2.45) is 0 Å². The smallest absolute Gasteiger partial charge is 0.303 e. The molecular weight excluding hydrogens is 236 g/mol. The number of carboxylic acid groups (broad SMARTS) is 1. The van der Waals surface area contributed by atoms with Gasteiger partial charge in [-0.25, -0.2) is 0 Å². The molecule has 0 saturated carbocycles. The van der Waals surface area contributed by atoms with Crippen molar-refractivity contribution >= 4 is 5.97 Å². The van der Waals surface area contributed by atoms with Crippen molar-refractivity contribution in [3.05, 3.63) is 23.8 Å². The van der Waals surface area contributed by atoms with E-state index in [0.717, 1.165) is 17.7 Å². The maximum absolute atomic E-state index is 10.7. The van der Waals surface area contributed by atoms with E-state index in [-0.39, 0.29) is 13.2 Å². The van der Waals surface area contributed by atoms with Gasteiger partial charge in [-0.15, -0.1) is 0 Å². The van der Waals surface area contributed by atoms with Crippen molar-refractivity contribution in [1.29, 1.82) is 0 Å². The van der Waals surface area contributed by atoms with Crippen molar-refractivity contribution in [3.63, 3.8) is 0 Å². The summed E-state index contributed by atoms with van der Waals surface area (Å²) in [7, 11) is 0. The highest BCUT2D eigenvalue weighted by Crippen LogP contribution is 2.44. The zero-order valence-corrected chi connectivity index (χ0v) is 9.85. The summed E-state index contributed by atoms with van der Waals surface area (Å²) in [5, 5.41) is 8.80. The molecular formula is C13H14O5. The summed E-state index contributed by atoms with van der Waals surface area (Å²) in [4.78, 5) is 10.7. The zero-order chi connectivity index (χ0) is 12.6. The predicted octanol–water partition coefficient (Wildman–Crippen LogP) is 1.90. The molecule has 0 aliphatic carbocycles. The average molecular weight is 250 g/mol. The first-order valence-electron chi connectivity index (χ1n) is 5.95. The fourth-order valence-corrected chi connectivity index (χ4v) is 2.41. The Balaban J connectivity index is 1.85. The van der Waals surface area contributed by atoms with Crippen LogP contribution in [-0.2, 0) is 15.1 Å². The Morgan fingerprint density at radius 1 is 1.33 bits per heavy atom. The summed E-state index contributed by atoms with van der Waals surface area (Å²) in [6.07, 6.45) is 1.44. The lowest BCUT2D eigenvalue weighted by Crippen LogP contribution is -2.41. The lowest BCUT2D eigenvalue weighted by Gasteiger charge is -2.42. The predicted molar refractivity (Wildman–Crippen MR) is 61.7 cm³/mol. The number of carbonyl (C=O) groups is 1. The number of aliphatic carboxylic acids is 1. The molecule has 0 aromatic heterocycles. The van der Waals surface area contributed by atoms with E-state index in [0.29, 0.717) is 18.8 Å². The molecule has 0 amide bonds. The van der Waals surface area contributed by atoms with Crippen molar-refractivity contribution < 1.29 is 24.1 Å². The maximum atomic E-state index is 10.7. The summed E-state index contributed by atoms with van der Waals surface area (Å²) < 4.78 is 16.2. The second-order valence-corrected chi connectivity index (χ2v) is 4.55. The van der Waals surface area contributed by atoms with Crippen molar-refractivity contribution in [2.45, 2.75) is 24.9 Å².